The van der Waals surface area contributed by atoms with Crippen molar-refractivity contribution in [2.45, 2.75) is 6.92 Å². The average molecular weight is 242 g/mol. The van der Waals surface area contributed by atoms with Gasteiger partial charge < -0.3 is 5.11 Å². The van der Waals surface area contributed by atoms with Gasteiger partial charge in [-0.2, -0.15) is 5.10 Å². The van der Waals surface area contributed by atoms with Crippen molar-refractivity contribution in [2.24, 2.45) is 7.05 Å². The minimum Gasteiger partial charge on any atom is -0.478 e. The first-order chi connectivity index (χ1) is 8.59. The zero-order valence-electron chi connectivity index (χ0n) is 10.3. The normalized spacial score (nSPS) is 11.0. The molecular formula is C14H14N2O2. The summed E-state index contributed by atoms with van der Waals surface area (Å²) in [5.41, 5.74) is 2.40. The molecule has 18 heavy (non-hydrogen) atoms. The summed E-state index contributed by atoms with van der Waals surface area (Å²) in [4.78, 5) is 11.2. The van der Waals surface area contributed by atoms with E-state index in [0.717, 1.165) is 5.56 Å². The van der Waals surface area contributed by atoms with E-state index in [1.54, 1.807) is 24.7 Å². The molecule has 0 aliphatic heterocycles. The van der Waals surface area contributed by atoms with Crippen LogP contribution in [0.1, 0.15) is 27.3 Å². The van der Waals surface area contributed by atoms with Crippen molar-refractivity contribution in [1.82, 2.24) is 9.78 Å². The van der Waals surface area contributed by atoms with Gasteiger partial charge in [-0.05, 0) is 18.6 Å². The Labute approximate surface area is 105 Å². The van der Waals surface area contributed by atoms with Crippen molar-refractivity contribution in [2.75, 3.05) is 0 Å². The first-order valence-corrected chi connectivity index (χ1v) is 5.59. The summed E-state index contributed by atoms with van der Waals surface area (Å²) >= 11 is 0. The van der Waals surface area contributed by atoms with E-state index < -0.39 is 5.97 Å². The Morgan fingerprint density at radius 2 is 1.94 bits per heavy atom. The zero-order valence-corrected chi connectivity index (χ0v) is 10.3. The highest BCUT2D eigenvalue weighted by Crippen LogP contribution is 2.16. The molecule has 0 spiro atoms. The van der Waals surface area contributed by atoms with Crippen molar-refractivity contribution >= 4 is 18.1 Å². The quantitative estimate of drug-likeness (QED) is 0.900. The predicted octanol–water partition coefficient (Wildman–Crippen LogP) is 2.60. The van der Waals surface area contributed by atoms with Crippen LogP contribution in [0, 0.1) is 6.92 Å². The highest BCUT2D eigenvalue weighted by Gasteiger charge is 2.17. The average Bonchev–Trinajstić information content (AvgIpc) is 2.62. The second kappa shape index (κ2) is 4.87. The molecule has 0 bridgehead atoms. The van der Waals surface area contributed by atoms with Crippen molar-refractivity contribution in [3.8, 4) is 0 Å². The van der Waals surface area contributed by atoms with Gasteiger partial charge in [-0.25, -0.2) is 4.79 Å². The van der Waals surface area contributed by atoms with Crippen molar-refractivity contribution in [3.63, 3.8) is 0 Å². The lowest BCUT2D eigenvalue weighted by Gasteiger charge is -1.97. The molecule has 0 saturated carbocycles. The summed E-state index contributed by atoms with van der Waals surface area (Å²) in [5, 5.41) is 13.3. The Morgan fingerprint density at radius 1 is 1.28 bits per heavy atom. The topological polar surface area (TPSA) is 55.1 Å². The molecule has 1 aromatic heterocycles. The number of aromatic nitrogens is 2. The standard InChI is InChI=1S/C14H14N2O2/c1-10-13(14(17)18)12(16(2)15-10)9-8-11-6-4-3-5-7-11/h3-9H,1-2H3,(H,17,18)/b9-8+. The molecular weight excluding hydrogens is 228 g/mol. The van der Waals surface area contributed by atoms with Crippen molar-refractivity contribution < 1.29 is 9.90 Å². The van der Waals surface area contributed by atoms with Crippen molar-refractivity contribution in [1.29, 1.82) is 0 Å². The van der Waals surface area contributed by atoms with Crippen molar-refractivity contribution in [3.05, 3.63) is 52.8 Å². The summed E-state index contributed by atoms with van der Waals surface area (Å²) < 4.78 is 1.58. The molecule has 4 nitrogen and oxygen atoms in total. The highest BCUT2D eigenvalue weighted by molar-refractivity contribution is 5.93. The van der Waals surface area contributed by atoms with Gasteiger partial charge in [0.25, 0.3) is 0 Å². The second-order valence-electron chi connectivity index (χ2n) is 4.02. The number of carboxylic acid groups (broad SMARTS) is 1. The van der Waals surface area contributed by atoms with Crippen LogP contribution >= 0.6 is 0 Å². The summed E-state index contributed by atoms with van der Waals surface area (Å²) in [6.45, 7) is 1.70. The number of rotatable bonds is 3. The lowest BCUT2D eigenvalue weighted by molar-refractivity contribution is 0.0696. The van der Waals surface area contributed by atoms with Gasteiger partial charge in [0.15, 0.2) is 0 Å². The van der Waals surface area contributed by atoms with Crippen LogP contribution < -0.4 is 0 Å². The fourth-order valence-electron chi connectivity index (χ4n) is 1.87. The zero-order chi connectivity index (χ0) is 13.1. The fraction of sp³-hybridized carbons (Fsp3) is 0.143. The van der Waals surface area contributed by atoms with Crippen LogP contribution in [0.5, 0.6) is 0 Å². The van der Waals surface area contributed by atoms with E-state index in [-0.39, 0.29) is 5.56 Å². The van der Waals surface area contributed by atoms with E-state index in [4.69, 9.17) is 5.11 Å². The van der Waals surface area contributed by atoms with Gasteiger partial charge in [0.05, 0.1) is 11.4 Å². The maximum Gasteiger partial charge on any atom is 0.339 e. The molecule has 0 amide bonds. The van der Waals surface area contributed by atoms with Crippen LogP contribution in [0.3, 0.4) is 0 Å². The Bertz CT molecular complexity index is 598. The molecule has 2 rings (SSSR count). The third-order valence-electron chi connectivity index (χ3n) is 2.71. The molecule has 1 heterocycles. The molecule has 0 saturated heterocycles. The van der Waals surface area contributed by atoms with E-state index >= 15 is 0 Å². The molecule has 0 aliphatic rings. The van der Waals surface area contributed by atoms with E-state index in [1.807, 2.05) is 36.4 Å². The Hall–Kier alpha value is -2.36. The molecule has 4 heteroatoms. The summed E-state index contributed by atoms with van der Waals surface area (Å²) in [7, 11) is 1.74. The summed E-state index contributed by atoms with van der Waals surface area (Å²) in [6, 6.07) is 9.73. The molecule has 0 aliphatic carbocycles. The molecule has 92 valence electrons. The van der Waals surface area contributed by atoms with Gasteiger partial charge in [-0.15, -0.1) is 0 Å². The van der Waals surface area contributed by atoms with Crippen LogP contribution in [0.2, 0.25) is 0 Å². The van der Waals surface area contributed by atoms with Crippen LogP contribution in [0.4, 0.5) is 0 Å². The number of nitrogens with zero attached hydrogens (tertiary/aromatic N) is 2. The largest absolute Gasteiger partial charge is 0.478 e. The highest BCUT2D eigenvalue weighted by atomic mass is 16.4. The number of hydrogen-bond acceptors (Lipinski definition) is 2. The summed E-state index contributed by atoms with van der Waals surface area (Å²) in [5.74, 6) is -0.951. The van der Waals surface area contributed by atoms with Crippen LogP contribution in [-0.2, 0) is 7.05 Å². The van der Waals surface area contributed by atoms with Crippen LogP contribution in [0.15, 0.2) is 30.3 Å². The van der Waals surface area contributed by atoms with Gasteiger partial charge in [-0.3, -0.25) is 4.68 Å². The van der Waals surface area contributed by atoms with Gasteiger partial charge in [-0.1, -0.05) is 36.4 Å². The minimum atomic E-state index is -0.951. The van der Waals surface area contributed by atoms with Crippen LogP contribution in [0.25, 0.3) is 12.2 Å². The third-order valence-corrected chi connectivity index (χ3v) is 2.71. The van der Waals surface area contributed by atoms with Crippen LogP contribution in [-0.4, -0.2) is 20.9 Å². The Balaban J connectivity index is 2.41. The third kappa shape index (κ3) is 2.32. The first kappa shape index (κ1) is 12.1. The van der Waals surface area contributed by atoms with E-state index in [2.05, 4.69) is 5.10 Å². The van der Waals surface area contributed by atoms with E-state index in [9.17, 15) is 4.79 Å². The second-order valence-corrected chi connectivity index (χ2v) is 4.02. The molecule has 2 aromatic rings. The molecule has 0 unspecified atom stereocenters. The number of hydrogen-bond donors (Lipinski definition) is 1. The van der Waals surface area contributed by atoms with Gasteiger partial charge in [0.2, 0.25) is 0 Å². The smallest absolute Gasteiger partial charge is 0.339 e. The number of carboxylic acids is 1. The Morgan fingerprint density at radius 3 is 2.56 bits per heavy atom. The lowest BCUT2D eigenvalue weighted by Crippen LogP contribution is -2.01. The Kier molecular flexibility index (Phi) is 3.28. The number of aromatic carboxylic acids is 1. The van der Waals surface area contributed by atoms with Gasteiger partial charge in [0.1, 0.15) is 5.56 Å². The molecule has 0 atom stereocenters. The van der Waals surface area contributed by atoms with E-state index in [1.165, 1.54) is 0 Å². The lowest BCUT2D eigenvalue weighted by atomic mass is 10.1. The molecule has 1 N–H and O–H groups in total. The van der Waals surface area contributed by atoms with Gasteiger partial charge >= 0.3 is 5.97 Å². The maximum atomic E-state index is 11.2. The van der Waals surface area contributed by atoms with Gasteiger partial charge in [0, 0.05) is 7.05 Å². The minimum absolute atomic E-state index is 0.254. The van der Waals surface area contributed by atoms with E-state index in [0.29, 0.717) is 11.4 Å². The maximum absolute atomic E-state index is 11.2. The summed E-state index contributed by atoms with van der Waals surface area (Å²) in [6.07, 6.45) is 3.65. The first-order valence-electron chi connectivity index (χ1n) is 5.59. The fourth-order valence-corrected chi connectivity index (χ4v) is 1.87. The number of benzene rings is 1. The monoisotopic (exact) mass is 242 g/mol. The SMILES string of the molecule is Cc1nn(C)c(/C=C/c2ccccc2)c1C(=O)O. The number of aryl methyl sites for hydroxylation is 2. The number of carbonyl (C=O) groups is 1. The molecule has 0 radical (unpaired) electrons. The molecule has 1 aromatic carbocycles. The molecule has 0 fully saturated rings. The predicted molar refractivity (Wildman–Crippen MR) is 70.3 cm³/mol.